The number of anilines is 3. The van der Waals surface area contributed by atoms with Gasteiger partial charge in [-0.2, -0.15) is 13.2 Å². The molecule has 12 heteroatoms. The van der Waals surface area contributed by atoms with E-state index in [0.29, 0.717) is 41.8 Å². The quantitative estimate of drug-likeness (QED) is 0.247. The van der Waals surface area contributed by atoms with Gasteiger partial charge in [0, 0.05) is 54.1 Å². The molecule has 2 aliphatic heterocycles. The van der Waals surface area contributed by atoms with Crippen LogP contribution in [0.25, 0.3) is 0 Å². The van der Waals surface area contributed by atoms with Crippen molar-refractivity contribution in [3.05, 3.63) is 117 Å². The van der Waals surface area contributed by atoms with E-state index in [1.807, 2.05) is 10.6 Å². The van der Waals surface area contributed by atoms with Crippen LogP contribution in [0.3, 0.4) is 0 Å². The predicted octanol–water partition coefficient (Wildman–Crippen LogP) is 6.66. The number of alkyl halides is 3. The van der Waals surface area contributed by atoms with Crippen LogP contribution in [0, 0.1) is 5.92 Å². The maximum absolute atomic E-state index is 13.4. The molecule has 45 heavy (non-hydrogen) atoms. The van der Waals surface area contributed by atoms with E-state index in [4.69, 9.17) is 16.3 Å². The number of carbonyl (C=O) groups excluding carboxylic acids is 2. The van der Waals surface area contributed by atoms with Gasteiger partial charge in [-0.1, -0.05) is 23.7 Å². The summed E-state index contributed by atoms with van der Waals surface area (Å²) in [4.78, 5) is 41.2. The van der Waals surface area contributed by atoms with Gasteiger partial charge in [0.15, 0.2) is 0 Å². The highest BCUT2D eigenvalue weighted by molar-refractivity contribution is 6.32. The Balaban J connectivity index is 1.33. The lowest BCUT2D eigenvalue weighted by molar-refractivity contribution is -0.137. The molecular weight excluding hydrogens is 609 g/mol. The van der Waals surface area contributed by atoms with Gasteiger partial charge >= 0.3 is 6.18 Å². The van der Waals surface area contributed by atoms with Crippen LogP contribution in [0.1, 0.15) is 44.3 Å². The molecule has 6 rings (SSSR count). The van der Waals surface area contributed by atoms with Gasteiger partial charge in [0.25, 0.3) is 17.4 Å². The molecule has 2 bridgehead atoms. The summed E-state index contributed by atoms with van der Waals surface area (Å²) < 4.78 is 47.1. The van der Waals surface area contributed by atoms with Gasteiger partial charge in [-0.05, 0) is 73.0 Å². The molecule has 232 valence electrons. The molecule has 1 saturated heterocycles. The zero-order chi connectivity index (χ0) is 31.9. The monoisotopic (exact) mass is 636 g/mol. The second-order valence-electron chi connectivity index (χ2n) is 11.2. The van der Waals surface area contributed by atoms with Crippen LogP contribution in [0.2, 0.25) is 5.02 Å². The summed E-state index contributed by atoms with van der Waals surface area (Å²) in [5.41, 5.74) is 1.28. The summed E-state index contributed by atoms with van der Waals surface area (Å²) >= 11 is 6.21. The highest BCUT2D eigenvalue weighted by Gasteiger charge is 2.36. The minimum Gasteiger partial charge on any atom is -0.495 e. The van der Waals surface area contributed by atoms with Gasteiger partial charge in [0.05, 0.1) is 29.1 Å². The minimum absolute atomic E-state index is 0.0433. The topological polar surface area (TPSA) is 92.7 Å². The SMILES string of the molecule is COc1ccc(NC(=O)c2ccc(N3C[C@H]4C[C@@H](C3)c3cccc(=O)n3C4)c(NC(=O)c3cccc(C(F)(F)F)c3)c2)cc1Cl. The molecule has 8 nitrogen and oxygen atoms in total. The van der Waals surface area contributed by atoms with Crippen molar-refractivity contribution < 1.29 is 27.5 Å². The first-order chi connectivity index (χ1) is 21.5. The number of carbonyl (C=O) groups is 2. The van der Waals surface area contributed by atoms with E-state index in [0.717, 1.165) is 24.2 Å². The lowest BCUT2D eigenvalue weighted by Crippen LogP contribution is -2.47. The second kappa shape index (κ2) is 12.0. The van der Waals surface area contributed by atoms with E-state index >= 15 is 0 Å². The fourth-order valence-electron chi connectivity index (χ4n) is 6.12. The standard InChI is InChI=1S/C33H28ClF3N4O4/c1-45-29-11-9-24(15-25(29)34)38-31(43)21-8-10-28(26(14-21)39-32(44)20-4-2-5-23(13-20)33(35,36)37)40-16-19-12-22(18-40)27-6-3-7-30(42)41(27)17-19/h2-11,13-15,19,22H,12,16-18H2,1H3,(H,38,43)(H,39,44)/t19-,22+/m1/s1. The molecule has 0 saturated carbocycles. The maximum Gasteiger partial charge on any atom is 0.416 e. The van der Waals surface area contributed by atoms with Gasteiger partial charge in [0.1, 0.15) is 5.75 Å². The molecule has 0 aliphatic carbocycles. The van der Waals surface area contributed by atoms with Gasteiger partial charge in [-0.3, -0.25) is 14.4 Å². The largest absolute Gasteiger partial charge is 0.495 e. The highest BCUT2D eigenvalue weighted by atomic mass is 35.5. The Morgan fingerprint density at radius 1 is 0.889 bits per heavy atom. The fourth-order valence-corrected chi connectivity index (χ4v) is 6.38. The average molecular weight is 637 g/mol. The molecule has 3 aromatic carbocycles. The van der Waals surface area contributed by atoms with E-state index < -0.39 is 23.6 Å². The van der Waals surface area contributed by atoms with Gasteiger partial charge < -0.3 is 24.8 Å². The number of hydrogen-bond acceptors (Lipinski definition) is 5. The van der Waals surface area contributed by atoms with E-state index in [1.165, 1.54) is 25.3 Å². The van der Waals surface area contributed by atoms with Crippen LogP contribution >= 0.6 is 11.6 Å². The number of fused-ring (bicyclic) bond motifs is 4. The summed E-state index contributed by atoms with van der Waals surface area (Å²) in [5, 5.41) is 5.84. The normalized spacial score (nSPS) is 17.3. The Morgan fingerprint density at radius 2 is 1.64 bits per heavy atom. The van der Waals surface area contributed by atoms with Crippen LogP contribution in [-0.2, 0) is 12.7 Å². The number of hydrogen-bond donors (Lipinski definition) is 2. The van der Waals surface area contributed by atoms with Crippen LogP contribution in [0.5, 0.6) is 5.75 Å². The number of piperidine rings is 1. The summed E-state index contributed by atoms with van der Waals surface area (Å²) in [5.74, 6) is -0.582. The number of methoxy groups -OCH3 is 1. The summed E-state index contributed by atoms with van der Waals surface area (Å²) in [6.07, 6.45) is -3.72. The number of amides is 2. The molecule has 3 heterocycles. The first kappa shape index (κ1) is 30.3. The molecule has 0 spiro atoms. The first-order valence-electron chi connectivity index (χ1n) is 14.2. The lowest BCUT2D eigenvalue weighted by atomic mass is 9.83. The molecular formula is C33H28ClF3N4O4. The molecule has 0 unspecified atom stereocenters. The Labute approximate surface area is 261 Å². The van der Waals surface area contributed by atoms with Gasteiger partial charge in [0.2, 0.25) is 0 Å². The van der Waals surface area contributed by atoms with Crippen molar-refractivity contribution in [2.24, 2.45) is 5.92 Å². The Bertz CT molecular complexity index is 1860. The first-order valence-corrected chi connectivity index (χ1v) is 14.6. The predicted molar refractivity (Wildman–Crippen MR) is 166 cm³/mol. The van der Waals surface area contributed by atoms with E-state index in [-0.39, 0.29) is 34.2 Å². The summed E-state index contributed by atoms with van der Waals surface area (Å²) in [6.45, 7) is 1.68. The third-order valence-electron chi connectivity index (χ3n) is 8.19. The van der Waals surface area contributed by atoms with E-state index in [9.17, 15) is 27.6 Å². The molecule has 2 atom stereocenters. The third kappa shape index (κ3) is 6.26. The van der Waals surface area contributed by atoms with E-state index in [1.54, 1.807) is 42.5 Å². The van der Waals surface area contributed by atoms with Crippen molar-refractivity contribution >= 4 is 40.5 Å². The number of halogens is 4. The van der Waals surface area contributed by atoms with Crippen molar-refractivity contribution in [3.8, 4) is 5.75 Å². The molecule has 1 aromatic heterocycles. The number of rotatable bonds is 6. The van der Waals surface area contributed by atoms with Crippen molar-refractivity contribution in [1.82, 2.24) is 4.57 Å². The smallest absolute Gasteiger partial charge is 0.416 e. The average Bonchev–Trinajstić information content (AvgIpc) is 3.01. The zero-order valence-corrected chi connectivity index (χ0v) is 24.8. The van der Waals surface area contributed by atoms with Crippen molar-refractivity contribution in [2.75, 3.05) is 35.7 Å². The molecule has 1 fully saturated rings. The minimum atomic E-state index is -4.62. The molecule has 2 aliphatic rings. The molecule has 2 amide bonds. The van der Waals surface area contributed by atoms with Gasteiger partial charge in [-0.15, -0.1) is 0 Å². The fraction of sp³-hybridized carbons (Fsp3) is 0.242. The van der Waals surface area contributed by atoms with Crippen molar-refractivity contribution in [2.45, 2.75) is 25.1 Å². The number of nitrogens with zero attached hydrogens (tertiary/aromatic N) is 2. The van der Waals surface area contributed by atoms with Gasteiger partial charge in [-0.25, -0.2) is 0 Å². The Kier molecular flexibility index (Phi) is 8.05. The number of benzene rings is 3. The van der Waals surface area contributed by atoms with Crippen LogP contribution in [0.4, 0.5) is 30.2 Å². The lowest BCUT2D eigenvalue weighted by Gasteiger charge is -2.44. The third-order valence-corrected chi connectivity index (χ3v) is 8.48. The second-order valence-corrected chi connectivity index (χ2v) is 11.6. The highest BCUT2D eigenvalue weighted by Crippen LogP contribution is 2.40. The zero-order valence-electron chi connectivity index (χ0n) is 24.0. The van der Waals surface area contributed by atoms with Crippen LogP contribution < -0.4 is 25.8 Å². The Morgan fingerprint density at radius 3 is 2.40 bits per heavy atom. The molecule has 0 radical (unpaired) electrons. The van der Waals surface area contributed by atoms with Crippen LogP contribution in [0.15, 0.2) is 83.7 Å². The van der Waals surface area contributed by atoms with E-state index in [2.05, 4.69) is 15.5 Å². The van der Waals surface area contributed by atoms with Crippen molar-refractivity contribution in [1.29, 1.82) is 0 Å². The number of nitrogens with one attached hydrogen (secondary N) is 2. The van der Waals surface area contributed by atoms with Crippen molar-refractivity contribution in [3.63, 3.8) is 0 Å². The molecule has 4 aromatic rings. The number of aromatic nitrogens is 1. The Hall–Kier alpha value is -4.77. The number of ether oxygens (including phenoxy) is 1. The number of pyridine rings is 1. The maximum atomic E-state index is 13.4. The van der Waals surface area contributed by atoms with Crippen LogP contribution in [-0.4, -0.2) is 36.6 Å². The summed E-state index contributed by atoms with van der Waals surface area (Å²) in [7, 11) is 1.48. The molecule has 2 N–H and O–H groups in total. The summed E-state index contributed by atoms with van der Waals surface area (Å²) in [6, 6.07) is 19.0.